The third-order valence-electron chi connectivity index (χ3n) is 4.88. The molecule has 3 aromatic rings. The minimum atomic E-state index is -3.68. The number of aromatic hydroxyl groups is 1. The Morgan fingerprint density at radius 3 is 2.59 bits per heavy atom. The Morgan fingerprint density at radius 1 is 1.14 bits per heavy atom. The zero-order chi connectivity index (χ0) is 21.0. The molecule has 154 valence electrons. The molecule has 0 fully saturated rings. The summed E-state index contributed by atoms with van der Waals surface area (Å²) in [6.45, 7) is 4.20. The maximum Gasteiger partial charge on any atom is 0.243 e. The third kappa shape index (κ3) is 4.44. The molecule has 7 nitrogen and oxygen atoms in total. The van der Waals surface area contributed by atoms with Crippen molar-refractivity contribution in [3.05, 3.63) is 54.2 Å². The summed E-state index contributed by atoms with van der Waals surface area (Å²) >= 11 is 0. The lowest BCUT2D eigenvalue weighted by Crippen LogP contribution is -2.30. The van der Waals surface area contributed by atoms with Crippen molar-refractivity contribution in [3.63, 3.8) is 0 Å². The fourth-order valence-corrected chi connectivity index (χ4v) is 4.77. The number of anilines is 1. The number of para-hydroxylation sites is 1. The van der Waals surface area contributed by atoms with Gasteiger partial charge < -0.3 is 15.4 Å². The molecule has 0 saturated heterocycles. The van der Waals surface area contributed by atoms with E-state index in [4.69, 9.17) is 0 Å². The number of phenolic OH excluding ortho intramolecular Hbond substituents is 1. The van der Waals surface area contributed by atoms with Gasteiger partial charge in [0.05, 0.1) is 10.6 Å². The number of nitrogens with zero attached hydrogens (tertiary/aromatic N) is 1. The number of phenols is 1. The van der Waals surface area contributed by atoms with E-state index in [1.165, 1.54) is 22.5 Å². The molecule has 1 amide bonds. The van der Waals surface area contributed by atoms with Crippen LogP contribution in [0.3, 0.4) is 0 Å². The Balaban J connectivity index is 1.73. The number of aryl methyl sites for hydroxylation is 1. The van der Waals surface area contributed by atoms with Gasteiger partial charge in [0.2, 0.25) is 15.9 Å². The fourth-order valence-electron chi connectivity index (χ4n) is 3.29. The molecular formula is C21H25N3O4S. The number of benzene rings is 2. The first kappa shape index (κ1) is 20.9. The Kier molecular flexibility index (Phi) is 6.24. The van der Waals surface area contributed by atoms with Crippen LogP contribution in [0.25, 0.3) is 10.9 Å². The van der Waals surface area contributed by atoms with E-state index in [-0.39, 0.29) is 28.7 Å². The number of fused-ring (bicyclic) bond motifs is 1. The molecular weight excluding hydrogens is 390 g/mol. The van der Waals surface area contributed by atoms with E-state index in [9.17, 15) is 18.3 Å². The summed E-state index contributed by atoms with van der Waals surface area (Å²) in [5.41, 5.74) is 2.12. The molecule has 3 rings (SSSR count). The van der Waals surface area contributed by atoms with E-state index < -0.39 is 10.0 Å². The first-order valence-corrected chi connectivity index (χ1v) is 11.0. The molecule has 2 aromatic carbocycles. The summed E-state index contributed by atoms with van der Waals surface area (Å²) in [5.74, 6) is -0.480. The minimum absolute atomic E-state index is 0.0333. The number of amides is 1. The molecule has 0 bridgehead atoms. The van der Waals surface area contributed by atoms with Crippen LogP contribution < -0.4 is 5.32 Å². The summed E-state index contributed by atoms with van der Waals surface area (Å²) in [7, 11) is -3.68. The van der Waals surface area contributed by atoms with E-state index in [0.29, 0.717) is 19.5 Å². The van der Waals surface area contributed by atoms with Crippen LogP contribution >= 0.6 is 0 Å². The molecule has 0 aliphatic rings. The predicted molar refractivity (Wildman–Crippen MR) is 113 cm³/mol. The summed E-state index contributed by atoms with van der Waals surface area (Å²) in [6.07, 6.45) is 2.61. The molecule has 0 saturated carbocycles. The van der Waals surface area contributed by atoms with Gasteiger partial charge in [0, 0.05) is 36.6 Å². The number of aromatic amines is 1. The van der Waals surface area contributed by atoms with Gasteiger partial charge in [0.15, 0.2) is 0 Å². The summed E-state index contributed by atoms with van der Waals surface area (Å²) in [4.78, 5) is 15.6. The van der Waals surface area contributed by atoms with Gasteiger partial charge in [-0.1, -0.05) is 32.0 Å². The van der Waals surface area contributed by atoms with Gasteiger partial charge in [-0.05, 0) is 36.2 Å². The third-order valence-corrected chi connectivity index (χ3v) is 6.93. The molecule has 3 N–H and O–H groups in total. The first-order chi connectivity index (χ1) is 13.9. The van der Waals surface area contributed by atoms with Crippen LogP contribution in [0.2, 0.25) is 0 Å². The van der Waals surface area contributed by atoms with Crippen LogP contribution in [-0.4, -0.2) is 41.8 Å². The van der Waals surface area contributed by atoms with Gasteiger partial charge in [-0.15, -0.1) is 0 Å². The molecule has 0 aliphatic heterocycles. The van der Waals surface area contributed by atoms with E-state index in [0.717, 1.165) is 16.5 Å². The van der Waals surface area contributed by atoms with Gasteiger partial charge in [-0.3, -0.25) is 4.79 Å². The zero-order valence-electron chi connectivity index (χ0n) is 16.5. The van der Waals surface area contributed by atoms with Crippen molar-refractivity contribution in [1.82, 2.24) is 9.29 Å². The Hall–Kier alpha value is -2.84. The highest BCUT2D eigenvalue weighted by Crippen LogP contribution is 2.28. The van der Waals surface area contributed by atoms with Crippen LogP contribution in [0.1, 0.15) is 25.8 Å². The van der Waals surface area contributed by atoms with Crippen molar-refractivity contribution >= 4 is 32.5 Å². The maximum absolute atomic E-state index is 12.7. The quantitative estimate of drug-likeness (QED) is 0.490. The molecule has 0 aliphatic carbocycles. The van der Waals surface area contributed by atoms with Crippen molar-refractivity contribution in [3.8, 4) is 5.75 Å². The topological polar surface area (TPSA) is 102 Å². The summed E-state index contributed by atoms with van der Waals surface area (Å²) in [6, 6.07) is 11.8. The summed E-state index contributed by atoms with van der Waals surface area (Å²) in [5, 5.41) is 13.8. The van der Waals surface area contributed by atoms with Gasteiger partial charge in [0.1, 0.15) is 5.75 Å². The molecule has 0 unspecified atom stereocenters. The number of carbonyl (C=O) groups is 1. The second kappa shape index (κ2) is 8.67. The molecule has 1 heterocycles. The van der Waals surface area contributed by atoms with Crippen molar-refractivity contribution in [2.24, 2.45) is 0 Å². The van der Waals surface area contributed by atoms with Crippen molar-refractivity contribution in [1.29, 1.82) is 0 Å². The number of sulfonamides is 1. The Labute approximate surface area is 170 Å². The average Bonchev–Trinajstić information content (AvgIpc) is 3.12. The molecule has 1 aromatic heterocycles. The number of nitrogens with one attached hydrogen (secondary N) is 2. The monoisotopic (exact) mass is 415 g/mol. The zero-order valence-corrected chi connectivity index (χ0v) is 17.3. The molecule has 8 heteroatoms. The second-order valence-corrected chi connectivity index (χ2v) is 8.61. The molecule has 29 heavy (non-hydrogen) atoms. The largest absolute Gasteiger partial charge is 0.506 e. The lowest BCUT2D eigenvalue weighted by molar-refractivity contribution is -0.116. The van der Waals surface area contributed by atoms with Gasteiger partial charge >= 0.3 is 0 Å². The summed E-state index contributed by atoms with van der Waals surface area (Å²) < 4.78 is 26.7. The fraction of sp³-hybridized carbons (Fsp3) is 0.286. The van der Waals surface area contributed by atoms with Gasteiger partial charge in [-0.2, -0.15) is 4.31 Å². The highest BCUT2D eigenvalue weighted by atomic mass is 32.2. The van der Waals surface area contributed by atoms with E-state index in [2.05, 4.69) is 10.3 Å². The van der Waals surface area contributed by atoms with Crippen molar-refractivity contribution in [2.75, 3.05) is 18.4 Å². The number of hydrogen-bond donors (Lipinski definition) is 3. The standard InChI is InChI=1S/C21H25N3O4S/c1-3-24(4-2)29(27,28)16-10-11-20(25)19(13-16)23-21(26)12-9-15-14-22-18-8-6-5-7-17(15)18/h5-8,10-11,13-14,22,25H,3-4,9,12H2,1-2H3,(H,23,26). The molecule has 0 spiro atoms. The highest BCUT2D eigenvalue weighted by molar-refractivity contribution is 7.89. The molecule has 0 radical (unpaired) electrons. The number of rotatable bonds is 8. The highest BCUT2D eigenvalue weighted by Gasteiger charge is 2.23. The van der Waals surface area contributed by atoms with Crippen LogP contribution in [0.5, 0.6) is 5.75 Å². The number of carbonyl (C=O) groups excluding carboxylic acids is 1. The normalized spacial score (nSPS) is 11.8. The number of H-pyrrole nitrogens is 1. The van der Waals surface area contributed by atoms with Crippen molar-refractivity contribution in [2.45, 2.75) is 31.6 Å². The van der Waals surface area contributed by atoms with Crippen LogP contribution in [0.4, 0.5) is 5.69 Å². The van der Waals surface area contributed by atoms with E-state index in [1.54, 1.807) is 13.8 Å². The lowest BCUT2D eigenvalue weighted by Gasteiger charge is -2.19. The minimum Gasteiger partial charge on any atom is -0.506 e. The Morgan fingerprint density at radius 2 is 1.86 bits per heavy atom. The van der Waals surface area contributed by atoms with Gasteiger partial charge in [0.25, 0.3) is 0 Å². The van der Waals surface area contributed by atoms with Gasteiger partial charge in [-0.25, -0.2) is 8.42 Å². The Bertz CT molecular complexity index is 1120. The smallest absolute Gasteiger partial charge is 0.243 e. The first-order valence-electron chi connectivity index (χ1n) is 9.54. The maximum atomic E-state index is 12.7. The predicted octanol–water partition coefficient (Wildman–Crippen LogP) is 3.48. The van der Waals surface area contributed by atoms with Crippen LogP contribution in [0, 0.1) is 0 Å². The van der Waals surface area contributed by atoms with Crippen molar-refractivity contribution < 1.29 is 18.3 Å². The van der Waals surface area contributed by atoms with E-state index in [1.807, 2.05) is 30.5 Å². The van der Waals surface area contributed by atoms with Crippen LogP contribution in [0.15, 0.2) is 53.6 Å². The average molecular weight is 416 g/mol. The number of hydrogen-bond acceptors (Lipinski definition) is 4. The number of aromatic nitrogens is 1. The van der Waals surface area contributed by atoms with E-state index >= 15 is 0 Å². The van der Waals surface area contributed by atoms with Crippen LogP contribution in [-0.2, 0) is 21.2 Å². The second-order valence-electron chi connectivity index (χ2n) is 6.68. The SMILES string of the molecule is CCN(CC)S(=O)(=O)c1ccc(O)c(NC(=O)CCc2c[nH]c3ccccc23)c1. The lowest BCUT2D eigenvalue weighted by atomic mass is 10.1. The molecule has 0 atom stereocenters.